The number of Topliss-reactive ketones (excluding diaryl/α,β-unsaturated/α-hetero) is 4. The summed E-state index contributed by atoms with van der Waals surface area (Å²) in [6.45, 7) is 13.7. The molecule has 6 amide bonds. The number of benzene rings is 2. The fraction of sp³-hybridized carbons (Fsp3) is 0.619. The van der Waals surface area contributed by atoms with Gasteiger partial charge in [-0.3, -0.25) is 57.4 Å². The summed E-state index contributed by atoms with van der Waals surface area (Å²) in [5, 5.41) is 3.03. The quantitative estimate of drug-likeness (QED) is 0.0790. The van der Waals surface area contributed by atoms with E-state index in [1.807, 2.05) is 88.6 Å². The smallest absolute Gasteiger partial charge is 0.289 e. The highest BCUT2D eigenvalue weighted by atomic mass is 32.2. The molecule has 114 heavy (non-hydrogen) atoms. The lowest BCUT2D eigenvalue weighted by Crippen LogP contribution is -2.48. The van der Waals surface area contributed by atoms with Crippen molar-refractivity contribution in [2.45, 2.75) is 191 Å². The van der Waals surface area contributed by atoms with E-state index in [4.69, 9.17) is 18.9 Å². The van der Waals surface area contributed by atoms with Crippen LogP contribution in [0.15, 0.2) is 73.1 Å². The van der Waals surface area contributed by atoms with Crippen molar-refractivity contribution in [1.29, 1.82) is 0 Å². The first-order valence-corrected chi connectivity index (χ1v) is 43.3. The molecule has 6 fully saturated rings. The van der Waals surface area contributed by atoms with Crippen LogP contribution in [-0.2, 0) is 68.0 Å². The molecule has 4 aliphatic carbocycles. The van der Waals surface area contributed by atoms with Gasteiger partial charge in [0.1, 0.15) is 25.4 Å². The molecule has 2 aromatic carbocycles. The van der Waals surface area contributed by atoms with E-state index in [1.165, 1.54) is 47.8 Å². The third-order valence-corrected chi connectivity index (χ3v) is 30.4. The Kier molecular flexibility index (Phi) is 23.4. The van der Waals surface area contributed by atoms with Gasteiger partial charge in [-0.1, -0.05) is 52.0 Å². The summed E-state index contributed by atoms with van der Waals surface area (Å²) in [6, 6.07) is 9.38. The molecular formula is C84H110N10O18S2. The van der Waals surface area contributed by atoms with E-state index in [-0.39, 0.29) is 87.1 Å². The second kappa shape index (κ2) is 32.2. The normalized spacial score (nSPS) is 30.4. The number of hydrogen-bond acceptors (Lipinski definition) is 22. The third-order valence-electron chi connectivity index (χ3n) is 26.1. The van der Waals surface area contributed by atoms with Crippen molar-refractivity contribution in [3.8, 4) is 23.3 Å². The van der Waals surface area contributed by atoms with Gasteiger partial charge in [0.15, 0.2) is 23.1 Å². The SMILES string of the molecule is C[C@@H]1CC/C=C\[C@@H]2C[C@@]2(C(=O)NS(=O)(=O)C2(C)CC2)CC(=O)[C@@H]2C[C@@H](Oc3nccc4c5c(ccc34)N(C)CCO5)CN2C(=O)[C@@H](CC(=O)C(=O)N(C)C)[C@H](C)C1.C[C@H]1CC/C=C\[C@@H]2C[C@@]2(C(=O)NS(=O)(=O)C2(C)CC2)CC(=O)[C@@H]2C[C@@H](Oc3nccc4c5c(ccc34)N(C)CCO5)CN2C(=O)[C@@H](CC(=O)C(=O)N(C)C)[C@H](C)C1. The maximum absolute atomic E-state index is 14.9. The molecule has 0 bridgehead atoms. The van der Waals surface area contributed by atoms with Gasteiger partial charge in [-0.2, -0.15) is 0 Å². The van der Waals surface area contributed by atoms with Crippen molar-refractivity contribution in [3.05, 3.63) is 73.1 Å². The number of carbonyl (C=O) groups excluding carboxylic acids is 10. The molecule has 2 saturated heterocycles. The number of aromatic nitrogens is 2. The summed E-state index contributed by atoms with van der Waals surface area (Å²) < 4.78 is 80.9. The Labute approximate surface area is 667 Å². The van der Waals surface area contributed by atoms with Crippen molar-refractivity contribution in [2.75, 3.05) is 91.5 Å². The highest BCUT2D eigenvalue weighted by molar-refractivity contribution is 7.92. The lowest BCUT2D eigenvalue weighted by Gasteiger charge is -2.32. The van der Waals surface area contributed by atoms with Crippen molar-refractivity contribution in [2.24, 2.45) is 58.2 Å². The van der Waals surface area contributed by atoms with Crippen LogP contribution < -0.4 is 38.2 Å². The van der Waals surface area contributed by atoms with E-state index in [0.29, 0.717) is 100.0 Å². The summed E-state index contributed by atoms with van der Waals surface area (Å²) in [4.78, 5) is 158. The minimum atomic E-state index is -3.97. The van der Waals surface area contributed by atoms with Crippen LogP contribution in [0.2, 0.25) is 0 Å². The second-order valence-corrected chi connectivity index (χ2v) is 39.7. The molecule has 14 rings (SSSR count). The number of pyridine rings is 2. The highest BCUT2D eigenvalue weighted by Crippen LogP contribution is 2.60. The number of amides is 6. The topological polar surface area (TPSA) is 345 Å². The molecule has 0 spiro atoms. The average Bonchev–Trinajstić information content (AvgIpc) is 1.56. The van der Waals surface area contributed by atoms with Crippen molar-refractivity contribution >= 4 is 112 Å². The number of fused-ring (bicyclic) bond motifs is 10. The van der Waals surface area contributed by atoms with Crippen LogP contribution in [-0.4, -0.2) is 220 Å². The number of nitrogens with zero attached hydrogens (tertiary/aromatic N) is 8. The van der Waals surface area contributed by atoms with Gasteiger partial charge >= 0.3 is 0 Å². The summed E-state index contributed by atoms with van der Waals surface area (Å²) in [5.41, 5.74) is -0.711. The number of nitrogens with one attached hydrogen (secondary N) is 2. The molecule has 28 nitrogen and oxygen atoms in total. The number of sulfonamides is 2. The molecule has 0 radical (unpaired) electrons. The standard InChI is InChI=1S/2C42H55N5O9S/c2*1-25-9-7-8-10-27-22-42(27,40(52)44-57(53,54)41(3)14-15-41)23-35(49)33-20-28(24-47(33)38(50)31(26(2)19-25)21-34(48)39(51)45(4)5)56-37-30-11-12-32-36(29(30)13-16-43-37)55-18-17-46(32)6/h2*8,10-13,16,25-28,31,33H,7,9,14-15,17-24H2,1-6H3,(H,44,52)/b2*10-8-/t25-,26+,27+,28+,31-,33-,42+;25-,26-,27-,28-,31+,33+,42-/m01/s1. The van der Waals surface area contributed by atoms with Crippen LogP contribution in [0.3, 0.4) is 0 Å². The van der Waals surface area contributed by atoms with Gasteiger partial charge in [-0.05, 0) is 163 Å². The first-order valence-electron chi connectivity index (χ1n) is 40.4. The molecule has 0 unspecified atom stereocenters. The minimum absolute atomic E-state index is 0.00133. The number of anilines is 2. The van der Waals surface area contributed by atoms with E-state index >= 15 is 0 Å². The number of allylic oxidation sites excluding steroid dienone is 4. The average molecular weight is 1610 g/mol. The number of ketones is 4. The number of carbonyl (C=O) groups is 10. The maximum Gasteiger partial charge on any atom is 0.289 e. The van der Waals surface area contributed by atoms with E-state index in [1.54, 1.807) is 26.2 Å². The third kappa shape index (κ3) is 16.7. The Bertz CT molecular complexity index is 4530. The van der Waals surface area contributed by atoms with Crippen molar-refractivity contribution < 1.29 is 83.7 Å². The van der Waals surface area contributed by atoms with E-state index in [9.17, 15) is 64.8 Å². The molecule has 2 aromatic heterocycles. The van der Waals surface area contributed by atoms with Gasteiger partial charge in [0.05, 0.1) is 70.0 Å². The minimum Gasteiger partial charge on any atom is -0.489 e. The lowest BCUT2D eigenvalue weighted by atomic mass is 9.81. The molecule has 6 aliphatic heterocycles. The summed E-state index contributed by atoms with van der Waals surface area (Å²) in [6.07, 6.45) is 15.2. The molecular weight excluding hydrogens is 1500 g/mol. The van der Waals surface area contributed by atoms with Crippen LogP contribution in [0.5, 0.6) is 23.3 Å². The van der Waals surface area contributed by atoms with E-state index < -0.39 is 135 Å². The van der Waals surface area contributed by atoms with Crippen molar-refractivity contribution in [1.82, 2.24) is 39.0 Å². The first kappa shape index (κ1) is 82.9. The Morgan fingerprint density at radius 3 is 1.28 bits per heavy atom. The molecule has 4 saturated carbocycles. The van der Waals surface area contributed by atoms with Gasteiger partial charge in [0.25, 0.3) is 11.8 Å². The summed E-state index contributed by atoms with van der Waals surface area (Å²) in [5.74, 6) is -6.58. The van der Waals surface area contributed by atoms with Gasteiger partial charge < -0.3 is 48.3 Å². The largest absolute Gasteiger partial charge is 0.489 e. The molecule has 30 heteroatoms. The van der Waals surface area contributed by atoms with E-state index in [2.05, 4.69) is 43.1 Å². The zero-order valence-electron chi connectivity index (χ0n) is 67.6. The fourth-order valence-electron chi connectivity index (χ4n) is 17.8. The Morgan fingerprint density at radius 1 is 0.544 bits per heavy atom. The van der Waals surface area contributed by atoms with Crippen LogP contribution in [0, 0.1) is 58.2 Å². The zero-order valence-corrected chi connectivity index (χ0v) is 69.2. The predicted octanol–water partition coefficient (Wildman–Crippen LogP) is 8.10. The van der Waals surface area contributed by atoms with Gasteiger partial charge in [0, 0.05) is 127 Å². The predicted molar refractivity (Wildman–Crippen MR) is 426 cm³/mol. The van der Waals surface area contributed by atoms with Crippen LogP contribution in [0.4, 0.5) is 11.4 Å². The highest BCUT2D eigenvalue weighted by Gasteiger charge is 2.65. The number of ether oxygens (including phenoxy) is 4. The van der Waals surface area contributed by atoms with E-state index in [0.717, 1.165) is 59.6 Å². The van der Waals surface area contributed by atoms with Gasteiger partial charge in [0.2, 0.25) is 67.0 Å². The summed E-state index contributed by atoms with van der Waals surface area (Å²) in [7, 11) is 2.01. The van der Waals surface area contributed by atoms with Crippen LogP contribution in [0.25, 0.3) is 21.5 Å². The number of rotatable bonds is 16. The van der Waals surface area contributed by atoms with Crippen LogP contribution >= 0.6 is 0 Å². The Hall–Kier alpha value is -9.06. The number of likely N-dealkylation sites (N-methyl/N-ethyl adjacent to an activating group) is 4. The molecule has 2 N–H and O–H groups in total. The Morgan fingerprint density at radius 2 is 0.921 bits per heavy atom. The lowest BCUT2D eigenvalue weighted by molar-refractivity contribution is -0.148. The molecule has 14 atom stereocenters. The maximum atomic E-state index is 14.9. The van der Waals surface area contributed by atoms with Crippen LogP contribution in [0.1, 0.15) is 157 Å². The molecule has 10 aliphatic rings. The Balaban J connectivity index is 0.000000199. The summed E-state index contributed by atoms with van der Waals surface area (Å²) >= 11 is 0. The molecule has 4 aromatic rings. The number of hydrogen-bond donors (Lipinski definition) is 2. The zero-order chi connectivity index (χ0) is 82.1. The molecule has 616 valence electrons. The molecule has 8 heterocycles. The first-order chi connectivity index (χ1) is 53.9. The monoisotopic (exact) mass is 1610 g/mol. The second-order valence-electron chi connectivity index (χ2n) is 35.3. The van der Waals surface area contributed by atoms with Gasteiger partial charge in [-0.15, -0.1) is 0 Å². The van der Waals surface area contributed by atoms with Gasteiger partial charge in [-0.25, -0.2) is 26.8 Å². The van der Waals surface area contributed by atoms with Crippen molar-refractivity contribution in [3.63, 3.8) is 0 Å². The fourth-order valence-corrected chi connectivity index (χ4v) is 20.5.